The molecule has 102 valence electrons. The Bertz CT molecular complexity index is 497. The van der Waals surface area contributed by atoms with E-state index in [1.54, 1.807) is 13.3 Å². The van der Waals surface area contributed by atoms with Gasteiger partial charge in [0.05, 0.1) is 5.52 Å². The summed E-state index contributed by atoms with van der Waals surface area (Å²) in [6.45, 7) is 3.23. The maximum atomic E-state index is 5.79. The van der Waals surface area contributed by atoms with E-state index in [1.807, 2.05) is 30.3 Å². The molecule has 0 aliphatic heterocycles. The van der Waals surface area contributed by atoms with E-state index < -0.39 is 0 Å². The molecule has 0 aliphatic rings. The number of nitrogens with one attached hydrogen (secondary N) is 1. The standard InChI is InChI=1S/C15H20N2O2/c1-18-11-4-8-16-10-12-19-15-7-2-6-14-13(15)5-3-9-17-14/h2-3,5-7,9,16H,4,8,10-12H2,1H3. The number of methoxy groups -OCH3 is 1. The summed E-state index contributed by atoms with van der Waals surface area (Å²) in [7, 11) is 1.72. The van der Waals surface area contributed by atoms with Crippen molar-refractivity contribution in [2.75, 3.05) is 33.4 Å². The van der Waals surface area contributed by atoms with E-state index in [1.165, 1.54) is 0 Å². The second-order valence-electron chi connectivity index (χ2n) is 4.27. The van der Waals surface area contributed by atoms with Gasteiger partial charge in [-0.25, -0.2) is 0 Å². The van der Waals surface area contributed by atoms with Crippen molar-refractivity contribution in [1.82, 2.24) is 10.3 Å². The van der Waals surface area contributed by atoms with Crippen LogP contribution in [0.1, 0.15) is 6.42 Å². The molecule has 4 heteroatoms. The van der Waals surface area contributed by atoms with Gasteiger partial charge in [-0.1, -0.05) is 6.07 Å². The zero-order valence-electron chi connectivity index (χ0n) is 11.3. The minimum Gasteiger partial charge on any atom is -0.492 e. The predicted molar refractivity (Wildman–Crippen MR) is 76.6 cm³/mol. The number of hydrogen-bond donors (Lipinski definition) is 1. The molecule has 0 aliphatic carbocycles. The first-order chi connectivity index (χ1) is 9.42. The third-order valence-electron chi connectivity index (χ3n) is 2.84. The van der Waals surface area contributed by atoms with Crippen LogP contribution in [0, 0.1) is 0 Å². The summed E-state index contributed by atoms with van der Waals surface area (Å²) in [5.74, 6) is 0.893. The fourth-order valence-corrected chi connectivity index (χ4v) is 1.90. The van der Waals surface area contributed by atoms with Gasteiger partial charge >= 0.3 is 0 Å². The molecule has 1 aromatic carbocycles. The van der Waals surface area contributed by atoms with Crippen molar-refractivity contribution in [2.24, 2.45) is 0 Å². The molecule has 2 rings (SSSR count). The summed E-state index contributed by atoms with van der Waals surface area (Å²) in [5.41, 5.74) is 0.966. The van der Waals surface area contributed by atoms with Gasteiger partial charge in [0.25, 0.3) is 0 Å². The number of pyridine rings is 1. The number of ether oxygens (including phenoxy) is 2. The maximum Gasteiger partial charge on any atom is 0.128 e. The van der Waals surface area contributed by atoms with E-state index in [9.17, 15) is 0 Å². The summed E-state index contributed by atoms with van der Waals surface area (Å²) < 4.78 is 10.8. The van der Waals surface area contributed by atoms with Crippen LogP contribution in [0.25, 0.3) is 10.9 Å². The highest BCUT2D eigenvalue weighted by Gasteiger charge is 2.01. The summed E-state index contributed by atoms with van der Waals surface area (Å²) in [6, 6.07) is 9.90. The van der Waals surface area contributed by atoms with Gasteiger partial charge in [0.2, 0.25) is 0 Å². The van der Waals surface area contributed by atoms with E-state index in [0.717, 1.165) is 42.8 Å². The molecular formula is C15H20N2O2. The summed E-state index contributed by atoms with van der Waals surface area (Å²) in [6.07, 6.45) is 2.82. The van der Waals surface area contributed by atoms with Gasteiger partial charge in [-0.3, -0.25) is 4.98 Å². The van der Waals surface area contributed by atoms with E-state index >= 15 is 0 Å². The molecule has 0 unspecified atom stereocenters. The van der Waals surface area contributed by atoms with Crippen LogP contribution in [-0.4, -0.2) is 38.4 Å². The van der Waals surface area contributed by atoms with Crippen LogP contribution in [0.4, 0.5) is 0 Å². The number of hydrogen-bond acceptors (Lipinski definition) is 4. The van der Waals surface area contributed by atoms with Gasteiger partial charge < -0.3 is 14.8 Å². The van der Waals surface area contributed by atoms with Crippen molar-refractivity contribution in [2.45, 2.75) is 6.42 Å². The van der Waals surface area contributed by atoms with Gasteiger partial charge in [0.15, 0.2) is 0 Å². The average molecular weight is 260 g/mol. The van der Waals surface area contributed by atoms with Gasteiger partial charge in [-0.15, -0.1) is 0 Å². The normalized spacial score (nSPS) is 10.8. The third-order valence-corrected chi connectivity index (χ3v) is 2.84. The molecule has 1 aromatic heterocycles. The molecule has 0 saturated heterocycles. The molecular weight excluding hydrogens is 240 g/mol. The topological polar surface area (TPSA) is 43.4 Å². The van der Waals surface area contributed by atoms with Crippen molar-refractivity contribution in [3.8, 4) is 5.75 Å². The molecule has 0 amide bonds. The number of aromatic nitrogens is 1. The average Bonchev–Trinajstić information content (AvgIpc) is 2.46. The fraction of sp³-hybridized carbons (Fsp3) is 0.400. The quantitative estimate of drug-likeness (QED) is 0.739. The fourth-order valence-electron chi connectivity index (χ4n) is 1.90. The molecule has 19 heavy (non-hydrogen) atoms. The Labute approximate surface area is 113 Å². The van der Waals surface area contributed by atoms with Crippen LogP contribution < -0.4 is 10.1 Å². The molecule has 0 saturated carbocycles. The first-order valence-electron chi connectivity index (χ1n) is 6.58. The molecule has 1 heterocycles. The summed E-state index contributed by atoms with van der Waals surface area (Å²) >= 11 is 0. The van der Waals surface area contributed by atoms with Crippen molar-refractivity contribution < 1.29 is 9.47 Å². The zero-order chi connectivity index (χ0) is 13.3. The maximum absolute atomic E-state index is 5.79. The van der Waals surface area contributed by atoms with Crippen molar-refractivity contribution in [1.29, 1.82) is 0 Å². The minimum atomic E-state index is 0.654. The Balaban J connectivity index is 1.78. The SMILES string of the molecule is COCCCNCCOc1cccc2ncccc12. The molecule has 0 atom stereocenters. The van der Waals surface area contributed by atoms with E-state index in [0.29, 0.717) is 6.61 Å². The molecule has 4 nitrogen and oxygen atoms in total. The summed E-state index contributed by atoms with van der Waals surface area (Å²) in [5, 5.41) is 4.38. The number of nitrogens with zero attached hydrogens (tertiary/aromatic N) is 1. The summed E-state index contributed by atoms with van der Waals surface area (Å²) in [4.78, 5) is 4.31. The monoisotopic (exact) mass is 260 g/mol. The van der Waals surface area contributed by atoms with Gasteiger partial charge in [-0.2, -0.15) is 0 Å². The predicted octanol–water partition coefficient (Wildman–Crippen LogP) is 2.24. The first-order valence-corrected chi connectivity index (χ1v) is 6.58. The number of fused-ring (bicyclic) bond motifs is 1. The second-order valence-corrected chi connectivity index (χ2v) is 4.27. The highest BCUT2D eigenvalue weighted by atomic mass is 16.5. The van der Waals surface area contributed by atoms with E-state index in [-0.39, 0.29) is 0 Å². The van der Waals surface area contributed by atoms with Gasteiger partial charge in [0, 0.05) is 31.8 Å². The molecule has 0 fully saturated rings. The first kappa shape index (κ1) is 13.8. The highest BCUT2D eigenvalue weighted by molar-refractivity contribution is 5.84. The van der Waals surface area contributed by atoms with E-state index in [4.69, 9.17) is 9.47 Å². The third kappa shape index (κ3) is 4.19. The zero-order valence-corrected chi connectivity index (χ0v) is 11.3. The highest BCUT2D eigenvalue weighted by Crippen LogP contribution is 2.23. The molecule has 0 spiro atoms. The van der Waals surface area contributed by atoms with Gasteiger partial charge in [0.1, 0.15) is 12.4 Å². The van der Waals surface area contributed by atoms with Crippen molar-refractivity contribution in [3.63, 3.8) is 0 Å². The molecule has 0 radical (unpaired) electrons. The second kappa shape index (κ2) is 7.71. The largest absolute Gasteiger partial charge is 0.492 e. The lowest BCUT2D eigenvalue weighted by Crippen LogP contribution is -2.22. The van der Waals surface area contributed by atoms with Crippen LogP contribution in [0.5, 0.6) is 5.75 Å². The van der Waals surface area contributed by atoms with Crippen molar-refractivity contribution >= 4 is 10.9 Å². The lowest BCUT2D eigenvalue weighted by molar-refractivity contribution is 0.193. The van der Waals surface area contributed by atoms with Crippen molar-refractivity contribution in [3.05, 3.63) is 36.5 Å². The lowest BCUT2D eigenvalue weighted by Gasteiger charge is -2.09. The Morgan fingerprint density at radius 3 is 2.95 bits per heavy atom. The molecule has 0 bridgehead atoms. The van der Waals surface area contributed by atoms with Crippen LogP contribution in [-0.2, 0) is 4.74 Å². The molecule has 2 aromatic rings. The van der Waals surface area contributed by atoms with Gasteiger partial charge in [-0.05, 0) is 37.2 Å². The Morgan fingerprint density at radius 1 is 1.11 bits per heavy atom. The minimum absolute atomic E-state index is 0.654. The van der Waals surface area contributed by atoms with Crippen LogP contribution >= 0.6 is 0 Å². The lowest BCUT2D eigenvalue weighted by atomic mass is 10.2. The number of benzene rings is 1. The smallest absolute Gasteiger partial charge is 0.128 e. The van der Waals surface area contributed by atoms with Crippen LogP contribution in [0.15, 0.2) is 36.5 Å². The Kier molecular flexibility index (Phi) is 5.59. The Hall–Kier alpha value is -1.65. The number of rotatable bonds is 8. The van der Waals surface area contributed by atoms with Crippen LogP contribution in [0.2, 0.25) is 0 Å². The molecule has 1 N–H and O–H groups in total. The van der Waals surface area contributed by atoms with E-state index in [2.05, 4.69) is 10.3 Å². The van der Waals surface area contributed by atoms with Crippen LogP contribution in [0.3, 0.4) is 0 Å². The Morgan fingerprint density at radius 2 is 2.05 bits per heavy atom.